The standard InChI is InChI=1S/C30H24BrN3O6S/c31-16-23(36)26(30(39)40-27(21-10-3-1-4-11-21)22-12-5-2-6-13-22)34-28(38)25(29(34)41-18-35)33-24(37)15-19-8-7-9-20(14-19)17-32/h1-14,18,25,27,29,36H,15-16H2,(H,33,37). The van der Waals surface area contributed by atoms with Crippen molar-refractivity contribution >= 4 is 51.1 Å². The molecule has 3 aromatic carbocycles. The van der Waals surface area contributed by atoms with Gasteiger partial charge in [-0.2, -0.15) is 5.26 Å². The number of benzene rings is 3. The summed E-state index contributed by atoms with van der Waals surface area (Å²) in [5.74, 6) is -2.67. The number of esters is 1. The van der Waals surface area contributed by atoms with Gasteiger partial charge in [0.2, 0.25) is 5.91 Å². The number of nitrogens with one attached hydrogen (secondary N) is 1. The van der Waals surface area contributed by atoms with E-state index in [9.17, 15) is 24.3 Å². The van der Waals surface area contributed by atoms with E-state index in [1.165, 1.54) is 0 Å². The smallest absolute Gasteiger partial charge is 0.359 e. The Kier molecular flexibility index (Phi) is 9.95. The Hall–Kier alpha value is -4.40. The van der Waals surface area contributed by atoms with Gasteiger partial charge >= 0.3 is 5.97 Å². The van der Waals surface area contributed by atoms with Crippen molar-refractivity contribution in [3.05, 3.63) is 119 Å². The molecule has 41 heavy (non-hydrogen) atoms. The van der Waals surface area contributed by atoms with Crippen molar-refractivity contribution in [2.45, 2.75) is 23.9 Å². The number of allylic oxidation sites excluding steroid dienone is 1. The largest absolute Gasteiger partial charge is 0.509 e. The van der Waals surface area contributed by atoms with Crippen molar-refractivity contribution in [3.8, 4) is 6.07 Å². The summed E-state index contributed by atoms with van der Waals surface area (Å²) in [7, 11) is 0. The van der Waals surface area contributed by atoms with E-state index in [0.29, 0.717) is 39.6 Å². The number of carbonyl (C=O) groups excluding carboxylic acids is 4. The number of nitrogens with zero attached hydrogens (tertiary/aromatic N) is 2. The monoisotopic (exact) mass is 633 g/mol. The molecule has 9 nitrogen and oxygen atoms in total. The van der Waals surface area contributed by atoms with Crippen molar-refractivity contribution in [2.75, 3.05) is 5.33 Å². The molecule has 0 aliphatic carbocycles. The van der Waals surface area contributed by atoms with E-state index < -0.39 is 46.8 Å². The van der Waals surface area contributed by atoms with E-state index in [4.69, 9.17) is 10.00 Å². The molecule has 2 atom stereocenters. The lowest BCUT2D eigenvalue weighted by Gasteiger charge is -2.46. The predicted molar refractivity (Wildman–Crippen MR) is 156 cm³/mol. The quantitative estimate of drug-likeness (QED) is 0.0801. The number of likely N-dealkylation sites (tertiary alicyclic amines) is 1. The van der Waals surface area contributed by atoms with Gasteiger partial charge in [0.25, 0.3) is 5.91 Å². The summed E-state index contributed by atoms with van der Waals surface area (Å²) in [6, 6.07) is 25.3. The molecular formula is C30H24BrN3O6S. The zero-order valence-electron chi connectivity index (χ0n) is 21.5. The molecule has 11 heteroatoms. The van der Waals surface area contributed by atoms with Crippen LogP contribution in [-0.2, 0) is 30.3 Å². The van der Waals surface area contributed by atoms with Crippen molar-refractivity contribution in [1.29, 1.82) is 5.26 Å². The van der Waals surface area contributed by atoms with Gasteiger partial charge in [0.05, 0.1) is 23.4 Å². The van der Waals surface area contributed by atoms with Gasteiger partial charge in [-0.25, -0.2) is 4.79 Å². The second kappa shape index (κ2) is 13.8. The first-order valence-corrected chi connectivity index (χ1v) is 14.4. The van der Waals surface area contributed by atoms with Crippen LogP contribution in [0.4, 0.5) is 0 Å². The summed E-state index contributed by atoms with van der Waals surface area (Å²) < 4.78 is 5.87. The Morgan fingerprint density at radius 3 is 2.27 bits per heavy atom. The molecule has 208 valence electrons. The number of halogens is 1. The van der Waals surface area contributed by atoms with E-state index in [-0.39, 0.29) is 11.8 Å². The number of carbonyl (C=O) groups is 4. The molecule has 4 rings (SSSR count). The Labute approximate surface area is 248 Å². The van der Waals surface area contributed by atoms with Crippen LogP contribution in [0.2, 0.25) is 0 Å². The summed E-state index contributed by atoms with van der Waals surface area (Å²) in [6.45, 7) is 0. The number of β-lactam (4-membered cyclic amide) rings is 1. The number of rotatable bonds is 11. The second-order valence-corrected chi connectivity index (χ2v) is 10.4. The first-order chi connectivity index (χ1) is 19.9. The van der Waals surface area contributed by atoms with Crippen LogP contribution in [-0.4, -0.2) is 50.2 Å². The summed E-state index contributed by atoms with van der Waals surface area (Å²) in [5.41, 5.74) is 2.35. The third-order valence-electron chi connectivity index (χ3n) is 6.24. The van der Waals surface area contributed by atoms with Gasteiger partial charge < -0.3 is 15.2 Å². The number of nitriles is 1. The lowest BCUT2D eigenvalue weighted by Crippen LogP contribution is -2.69. The molecule has 1 heterocycles. The Morgan fingerprint density at radius 2 is 1.71 bits per heavy atom. The minimum absolute atomic E-state index is 0.106. The van der Waals surface area contributed by atoms with Crippen LogP contribution in [0.1, 0.15) is 28.4 Å². The van der Waals surface area contributed by atoms with Gasteiger partial charge in [-0.3, -0.25) is 19.3 Å². The predicted octanol–water partition coefficient (Wildman–Crippen LogP) is 4.17. The highest BCUT2D eigenvalue weighted by Crippen LogP contribution is 2.36. The summed E-state index contributed by atoms with van der Waals surface area (Å²) >= 11 is 3.80. The van der Waals surface area contributed by atoms with Gasteiger partial charge in [-0.05, 0) is 28.8 Å². The van der Waals surface area contributed by atoms with E-state index >= 15 is 0 Å². The van der Waals surface area contributed by atoms with Crippen molar-refractivity contribution in [2.24, 2.45) is 0 Å². The fourth-order valence-corrected chi connectivity index (χ4v) is 5.41. The van der Waals surface area contributed by atoms with Crippen LogP contribution >= 0.6 is 27.7 Å². The molecule has 2 amide bonds. The minimum Gasteiger partial charge on any atom is -0.509 e. The van der Waals surface area contributed by atoms with E-state index in [1.807, 2.05) is 18.2 Å². The topological polar surface area (TPSA) is 137 Å². The van der Waals surface area contributed by atoms with Gasteiger partial charge in [0.15, 0.2) is 17.4 Å². The fourth-order valence-electron chi connectivity index (χ4n) is 4.36. The molecule has 0 saturated carbocycles. The fraction of sp³-hybridized carbons (Fsp3) is 0.167. The highest BCUT2D eigenvalue weighted by atomic mass is 79.9. The molecule has 1 aliphatic rings. The highest BCUT2D eigenvalue weighted by Gasteiger charge is 2.53. The Morgan fingerprint density at radius 1 is 1.07 bits per heavy atom. The average molecular weight is 635 g/mol. The SMILES string of the molecule is N#Cc1cccc(CC(=O)NC2C(=O)N(C(C(=O)OC(c3ccccc3)c3ccccc3)=C(O)CBr)C2SC=O)c1. The average Bonchev–Trinajstić information content (AvgIpc) is 3.01. The summed E-state index contributed by atoms with van der Waals surface area (Å²) in [5, 5.41) is 21.2. The van der Waals surface area contributed by atoms with Gasteiger partial charge in [0, 0.05) is 0 Å². The minimum atomic E-state index is -1.14. The molecule has 1 aliphatic heterocycles. The highest BCUT2D eigenvalue weighted by molar-refractivity contribution is 9.09. The van der Waals surface area contributed by atoms with Crippen LogP contribution < -0.4 is 5.32 Å². The normalized spacial score (nSPS) is 16.7. The second-order valence-electron chi connectivity index (χ2n) is 8.90. The first kappa shape index (κ1) is 29.6. The number of aliphatic hydroxyl groups is 1. The molecule has 0 aromatic heterocycles. The molecule has 0 bridgehead atoms. The van der Waals surface area contributed by atoms with Gasteiger partial charge in [0.1, 0.15) is 17.2 Å². The van der Waals surface area contributed by atoms with Crippen molar-refractivity contribution in [3.63, 3.8) is 0 Å². The molecule has 2 unspecified atom stereocenters. The number of alkyl halides is 1. The molecular weight excluding hydrogens is 610 g/mol. The van der Waals surface area contributed by atoms with Crippen molar-refractivity contribution in [1.82, 2.24) is 10.2 Å². The van der Waals surface area contributed by atoms with Crippen LogP contribution in [0.15, 0.2) is 96.4 Å². The van der Waals surface area contributed by atoms with Crippen LogP contribution in [0, 0.1) is 11.3 Å². The van der Waals surface area contributed by atoms with Gasteiger partial charge in [-0.15, -0.1) is 0 Å². The zero-order valence-corrected chi connectivity index (χ0v) is 23.9. The van der Waals surface area contributed by atoms with Crippen LogP contribution in [0.25, 0.3) is 0 Å². The Balaban J connectivity index is 1.57. The van der Waals surface area contributed by atoms with E-state index in [2.05, 4.69) is 21.2 Å². The number of thioether (sulfide) groups is 1. The number of ether oxygens (including phenoxy) is 1. The maximum absolute atomic E-state index is 13.6. The van der Waals surface area contributed by atoms with Crippen LogP contribution in [0.3, 0.4) is 0 Å². The number of hydrogen-bond acceptors (Lipinski definition) is 8. The Bertz CT molecular complexity index is 1470. The molecule has 0 radical (unpaired) electrons. The zero-order chi connectivity index (χ0) is 29.4. The third kappa shape index (κ3) is 6.85. The maximum atomic E-state index is 13.6. The molecule has 1 fully saturated rings. The van der Waals surface area contributed by atoms with E-state index in [1.54, 1.807) is 72.8 Å². The van der Waals surface area contributed by atoms with Crippen molar-refractivity contribution < 1.29 is 29.0 Å². The molecule has 0 spiro atoms. The van der Waals surface area contributed by atoms with E-state index in [0.717, 1.165) is 4.90 Å². The molecule has 2 N–H and O–H groups in total. The summed E-state index contributed by atoms with van der Waals surface area (Å²) in [6.07, 6.45) is -0.957. The van der Waals surface area contributed by atoms with Crippen LogP contribution in [0.5, 0.6) is 0 Å². The third-order valence-corrected chi connectivity index (χ3v) is 7.64. The number of amides is 2. The summed E-state index contributed by atoms with van der Waals surface area (Å²) in [4.78, 5) is 52.1. The lowest BCUT2D eigenvalue weighted by atomic mass is 10.0. The lowest BCUT2D eigenvalue weighted by molar-refractivity contribution is -0.154. The van der Waals surface area contributed by atoms with Gasteiger partial charge in [-0.1, -0.05) is 100 Å². The number of hydrogen-bond donors (Lipinski definition) is 2. The molecule has 1 saturated heterocycles. The maximum Gasteiger partial charge on any atom is 0.359 e. The number of aliphatic hydroxyl groups excluding tert-OH is 1. The molecule has 3 aromatic rings. The first-order valence-electron chi connectivity index (χ1n) is 12.4.